The van der Waals surface area contributed by atoms with Crippen LogP contribution in [0.4, 0.5) is 5.69 Å². The molecule has 192 valence electrons. The number of morpholine rings is 1. The average Bonchev–Trinajstić information content (AvgIpc) is 3.24. The molecule has 4 unspecified atom stereocenters. The summed E-state index contributed by atoms with van der Waals surface area (Å²) in [5, 5.41) is 6.19. The Kier molecular flexibility index (Phi) is 7.08. The Hall–Kier alpha value is -2.84. The smallest absolute Gasteiger partial charge is 0.292 e. The first kappa shape index (κ1) is 24.8. The van der Waals surface area contributed by atoms with Gasteiger partial charge in [-0.05, 0) is 49.6 Å². The van der Waals surface area contributed by atoms with Crippen molar-refractivity contribution in [3.63, 3.8) is 0 Å². The van der Waals surface area contributed by atoms with Crippen molar-refractivity contribution in [1.29, 1.82) is 0 Å². The van der Waals surface area contributed by atoms with Gasteiger partial charge in [-0.1, -0.05) is 24.3 Å². The zero-order chi connectivity index (χ0) is 25.3. The number of hydrogen-bond donors (Lipinski definition) is 2. The van der Waals surface area contributed by atoms with E-state index in [4.69, 9.17) is 26.1 Å². The predicted molar refractivity (Wildman–Crippen MR) is 143 cm³/mol. The molecule has 0 saturated carbocycles. The van der Waals surface area contributed by atoms with E-state index in [9.17, 15) is 4.79 Å². The zero-order valence-corrected chi connectivity index (χ0v) is 21.8. The number of amidine groups is 2. The van der Waals surface area contributed by atoms with E-state index in [0.717, 1.165) is 49.7 Å². The number of hydrogen-bond acceptors (Lipinski definition) is 7. The third kappa shape index (κ3) is 5.44. The van der Waals surface area contributed by atoms with Gasteiger partial charge in [-0.3, -0.25) is 9.79 Å². The van der Waals surface area contributed by atoms with Gasteiger partial charge in [-0.15, -0.1) is 11.6 Å². The summed E-state index contributed by atoms with van der Waals surface area (Å²) in [7, 11) is 0. The molecule has 1 fully saturated rings. The number of ether oxygens (including phenoxy) is 2. The highest BCUT2D eigenvalue weighted by atomic mass is 35.5. The molecule has 9 heteroatoms. The Morgan fingerprint density at radius 1 is 1.31 bits per heavy atom. The maximum absolute atomic E-state index is 11.5. The molecule has 4 atom stereocenters. The highest BCUT2D eigenvalue weighted by Crippen LogP contribution is 2.36. The lowest BCUT2D eigenvalue weighted by Crippen LogP contribution is -2.44. The van der Waals surface area contributed by atoms with Crippen molar-refractivity contribution in [3.8, 4) is 0 Å². The van der Waals surface area contributed by atoms with Crippen molar-refractivity contribution in [2.45, 2.75) is 62.7 Å². The van der Waals surface area contributed by atoms with Gasteiger partial charge in [0, 0.05) is 32.1 Å². The number of nitrogens with one attached hydrogen (secondary N) is 2. The van der Waals surface area contributed by atoms with Crippen molar-refractivity contribution >= 4 is 35.1 Å². The van der Waals surface area contributed by atoms with Crippen molar-refractivity contribution in [2.24, 2.45) is 9.98 Å². The quantitative estimate of drug-likeness (QED) is 0.591. The lowest BCUT2D eigenvalue weighted by atomic mass is 9.89. The van der Waals surface area contributed by atoms with E-state index >= 15 is 0 Å². The van der Waals surface area contributed by atoms with Crippen molar-refractivity contribution in [1.82, 2.24) is 10.6 Å². The summed E-state index contributed by atoms with van der Waals surface area (Å²) in [4.78, 5) is 23.5. The van der Waals surface area contributed by atoms with E-state index in [1.165, 1.54) is 12.6 Å². The minimum absolute atomic E-state index is 0.0430. The number of anilines is 1. The number of benzene rings is 1. The molecule has 1 aromatic rings. The minimum Gasteiger partial charge on any atom is -0.457 e. The molecule has 0 bridgehead atoms. The molecule has 1 aliphatic carbocycles. The molecule has 0 spiro atoms. The summed E-state index contributed by atoms with van der Waals surface area (Å²) < 4.78 is 11.6. The Labute approximate surface area is 217 Å². The maximum atomic E-state index is 11.5. The van der Waals surface area contributed by atoms with Crippen LogP contribution in [0.2, 0.25) is 0 Å². The molecular weight excluding hydrogens is 478 g/mol. The molecule has 5 rings (SSSR count). The summed E-state index contributed by atoms with van der Waals surface area (Å²) in [5.74, 6) is 0.691. The van der Waals surface area contributed by atoms with Crippen molar-refractivity contribution < 1.29 is 14.3 Å². The molecule has 2 N–H and O–H groups in total. The van der Waals surface area contributed by atoms with Crippen molar-refractivity contribution in [2.75, 3.05) is 31.2 Å². The maximum Gasteiger partial charge on any atom is 0.292 e. The molecule has 8 nitrogen and oxygen atoms in total. The first-order chi connectivity index (χ1) is 17.3. The summed E-state index contributed by atoms with van der Waals surface area (Å²) in [6, 6.07) is 8.78. The topological polar surface area (TPSA) is 87.5 Å². The highest BCUT2D eigenvalue weighted by molar-refractivity contribution is 6.22. The molecular formula is C27H34ClN5O3. The van der Waals surface area contributed by atoms with Crippen LogP contribution in [0.25, 0.3) is 0 Å². The second-order valence-electron chi connectivity index (χ2n) is 10.2. The number of carbonyl (C=O) groups is 1. The first-order valence-electron chi connectivity index (χ1n) is 12.6. The molecule has 3 heterocycles. The molecule has 1 saturated heterocycles. The van der Waals surface area contributed by atoms with Gasteiger partial charge in [0.05, 0.1) is 36.2 Å². The Balaban J connectivity index is 1.25. The van der Waals surface area contributed by atoms with E-state index in [0.29, 0.717) is 12.4 Å². The number of rotatable bonds is 5. The van der Waals surface area contributed by atoms with Gasteiger partial charge in [-0.2, -0.15) is 4.99 Å². The lowest BCUT2D eigenvalue weighted by Gasteiger charge is -2.31. The number of aliphatic imine (C=N–C) groups is 2. The summed E-state index contributed by atoms with van der Waals surface area (Å²) in [5.41, 5.74) is 2.91. The number of amides is 1. The van der Waals surface area contributed by atoms with Gasteiger partial charge in [-0.25, -0.2) is 0 Å². The summed E-state index contributed by atoms with van der Waals surface area (Å²) in [6.45, 7) is 8.80. The third-order valence-electron chi connectivity index (χ3n) is 7.02. The van der Waals surface area contributed by atoms with Crippen molar-refractivity contribution in [3.05, 3.63) is 53.6 Å². The molecule has 3 aliphatic heterocycles. The third-order valence-corrected chi connectivity index (χ3v) is 7.44. The van der Waals surface area contributed by atoms with Gasteiger partial charge < -0.3 is 25.0 Å². The van der Waals surface area contributed by atoms with Crippen LogP contribution in [0.15, 0.2) is 58.1 Å². The number of carbonyl (C=O) groups excluding carboxylic acids is 1. The van der Waals surface area contributed by atoms with Gasteiger partial charge in [0.2, 0.25) is 5.91 Å². The second kappa shape index (κ2) is 10.3. The fraction of sp³-hybridized carbons (Fsp3) is 0.519. The van der Waals surface area contributed by atoms with Crippen LogP contribution in [0.1, 0.15) is 45.2 Å². The van der Waals surface area contributed by atoms with E-state index in [2.05, 4.69) is 50.9 Å². The minimum atomic E-state index is -0.427. The molecule has 36 heavy (non-hydrogen) atoms. The summed E-state index contributed by atoms with van der Waals surface area (Å²) in [6.07, 6.45) is 7.41. The lowest BCUT2D eigenvalue weighted by molar-refractivity contribution is -0.120. The predicted octanol–water partition coefficient (Wildman–Crippen LogP) is 3.49. The highest BCUT2D eigenvalue weighted by Gasteiger charge is 2.37. The number of fused-ring (bicyclic) bond motifs is 1. The molecule has 0 radical (unpaired) electrons. The molecule has 0 aromatic heterocycles. The van der Waals surface area contributed by atoms with Crippen LogP contribution in [-0.2, 0) is 14.3 Å². The van der Waals surface area contributed by atoms with Gasteiger partial charge >= 0.3 is 0 Å². The molecule has 4 aliphatic rings. The van der Waals surface area contributed by atoms with E-state index < -0.39 is 5.54 Å². The Morgan fingerprint density at radius 3 is 2.83 bits per heavy atom. The molecule has 1 aromatic carbocycles. The van der Waals surface area contributed by atoms with E-state index in [-0.39, 0.29) is 29.5 Å². The number of nitrogens with zero attached hydrogens (tertiary/aromatic N) is 3. The monoisotopic (exact) mass is 511 g/mol. The van der Waals surface area contributed by atoms with E-state index in [1.807, 2.05) is 26.0 Å². The first-order valence-corrected chi connectivity index (χ1v) is 13.1. The van der Waals surface area contributed by atoms with Crippen LogP contribution < -0.4 is 15.5 Å². The van der Waals surface area contributed by atoms with Gasteiger partial charge in [0.25, 0.3) is 6.02 Å². The summed E-state index contributed by atoms with van der Waals surface area (Å²) >= 11 is 6.83. The van der Waals surface area contributed by atoms with Crippen LogP contribution in [0, 0.1) is 0 Å². The SMILES string of the molecule is CC(=O)NC(C)(C)C1=CCC(OC2=NC3=NC(c4cccc(N5CCOCC5)c4)C(Cl)CC3N2)C=C1. The molecule has 1 amide bonds. The number of halogens is 1. The van der Waals surface area contributed by atoms with E-state index in [1.54, 1.807) is 0 Å². The van der Waals surface area contributed by atoms with Crippen LogP contribution in [0.5, 0.6) is 0 Å². The van der Waals surface area contributed by atoms with Crippen LogP contribution >= 0.6 is 11.6 Å². The normalized spacial score (nSPS) is 27.9. The van der Waals surface area contributed by atoms with Gasteiger partial charge in [0.1, 0.15) is 6.10 Å². The second-order valence-corrected chi connectivity index (χ2v) is 10.8. The van der Waals surface area contributed by atoms with Gasteiger partial charge in [0.15, 0.2) is 5.84 Å². The zero-order valence-electron chi connectivity index (χ0n) is 21.0. The standard InChI is InChI=1S/C27H34ClN5O3/c1-17(34)32-27(2,3)19-7-9-21(10-8-19)36-26-29-23-16-22(28)24(30-25(23)31-26)18-5-4-6-20(15-18)33-11-13-35-14-12-33/h4-9,15,21-24H,10-14,16H2,1-3H3,(H,32,34)(H,29,30,31). The van der Waals surface area contributed by atoms with Crippen LogP contribution in [0.3, 0.4) is 0 Å². The average molecular weight is 512 g/mol. The van der Waals surface area contributed by atoms with Crippen LogP contribution in [-0.4, -0.2) is 67.1 Å². The fourth-order valence-electron chi connectivity index (χ4n) is 5.17. The fourth-order valence-corrected chi connectivity index (χ4v) is 5.55. The largest absolute Gasteiger partial charge is 0.457 e. The Morgan fingerprint density at radius 2 is 2.11 bits per heavy atom. The Bertz CT molecular complexity index is 1120. The number of alkyl halides is 1.